The van der Waals surface area contributed by atoms with Crippen LogP contribution in [0.15, 0.2) is 42.5 Å². The van der Waals surface area contributed by atoms with Gasteiger partial charge in [0.05, 0.1) is 0 Å². The Hall–Kier alpha value is -2.23. The molecule has 1 fully saturated rings. The van der Waals surface area contributed by atoms with Crippen molar-refractivity contribution in [1.82, 2.24) is 9.88 Å². The van der Waals surface area contributed by atoms with Crippen LogP contribution in [0.2, 0.25) is 0 Å². The van der Waals surface area contributed by atoms with Crippen LogP contribution < -0.4 is 0 Å². The summed E-state index contributed by atoms with van der Waals surface area (Å²) in [5.41, 5.74) is 3.17. The lowest BCUT2D eigenvalue weighted by Gasteiger charge is -2.31. The lowest BCUT2D eigenvalue weighted by atomic mass is 9.92. The van der Waals surface area contributed by atoms with Crippen LogP contribution >= 0.6 is 0 Å². The summed E-state index contributed by atoms with van der Waals surface area (Å²) in [6.07, 6.45) is 2.64. The molecule has 2 aromatic rings. The molecule has 0 atom stereocenters. The maximum absolute atomic E-state index is 13.0. The molecular formula is C19H21FN2O. The maximum atomic E-state index is 13.0. The van der Waals surface area contributed by atoms with E-state index in [1.165, 1.54) is 12.1 Å². The van der Waals surface area contributed by atoms with Crippen molar-refractivity contribution in [2.24, 2.45) is 0 Å². The number of benzene rings is 1. The summed E-state index contributed by atoms with van der Waals surface area (Å²) in [7, 11) is 0. The number of hydrogen-bond acceptors (Lipinski definition) is 2. The number of likely N-dealkylation sites (tertiary alicyclic amines) is 1. The van der Waals surface area contributed by atoms with Crippen LogP contribution in [0.1, 0.15) is 42.6 Å². The number of carbonyl (C=O) groups excluding carboxylic acids is 1. The molecule has 0 N–H and O–H groups in total. The lowest BCUT2D eigenvalue weighted by molar-refractivity contribution is -0.129. The van der Waals surface area contributed by atoms with Crippen molar-refractivity contribution >= 4 is 5.91 Å². The third-order valence-electron chi connectivity index (χ3n) is 4.49. The molecule has 0 unspecified atom stereocenters. The predicted octanol–water partition coefficient (Wildman–Crippen LogP) is 3.54. The maximum Gasteiger partial charge on any atom is 0.219 e. The molecule has 1 aliphatic heterocycles. The van der Waals surface area contributed by atoms with Gasteiger partial charge in [-0.2, -0.15) is 0 Å². The van der Waals surface area contributed by atoms with Crippen LogP contribution in [-0.4, -0.2) is 28.9 Å². The molecule has 0 spiro atoms. The number of piperidine rings is 1. The molecule has 1 saturated heterocycles. The van der Waals surface area contributed by atoms with Crippen molar-refractivity contribution in [2.75, 3.05) is 13.1 Å². The van der Waals surface area contributed by atoms with Crippen LogP contribution in [0.5, 0.6) is 0 Å². The van der Waals surface area contributed by atoms with E-state index >= 15 is 0 Å². The molecule has 23 heavy (non-hydrogen) atoms. The smallest absolute Gasteiger partial charge is 0.219 e. The van der Waals surface area contributed by atoms with Gasteiger partial charge in [-0.15, -0.1) is 0 Å². The van der Waals surface area contributed by atoms with Gasteiger partial charge in [0.25, 0.3) is 0 Å². The predicted molar refractivity (Wildman–Crippen MR) is 87.7 cm³/mol. The topological polar surface area (TPSA) is 33.2 Å². The number of aromatic nitrogens is 1. The highest BCUT2D eigenvalue weighted by molar-refractivity contribution is 5.73. The monoisotopic (exact) mass is 312 g/mol. The van der Waals surface area contributed by atoms with Crippen molar-refractivity contribution in [3.05, 3.63) is 65.2 Å². The fourth-order valence-corrected chi connectivity index (χ4v) is 3.13. The zero-order chi connectivity index (χ0) is 16.2. The highest BCUT2D eigenvalue weighted by atomic mass is 19.1. The average molecular weight is 312 g/mol. The number of hydrogen-bond donors (Lipinski definition) is 0. The van der Waals surface area contributed by atoms with Gasteiger partial charge in [-0.05, 0) is 42.7 Å². The minimum Gasteiger partial charge on any atom is -0.343 e. The van der Waals surface area contributed by atoms with Crippen LogP contribution in [-0.2, 0) is 11.2 Å². The summed E-state index contributed by atoms with van der Waals surface area (Å²) in [5, 5.41) is 0. The quantitative estimate of drug-likeness (QED) is 0.868. The molecule has 2 heterocycles. The van der Waals surface area contributed by atoms with Gasteiger partial charge in [0.2, 0.25) is 5.91 Å². The minimum absolute atomic E-state index is 0.154. The van der Waals surface area contributed by atoms with Gasteiger partial charge in [0.1, 0.15) is 5.82 Å². The fraction of sp³-hybridized carbons (Fsp3) is 0.368. The van der Waals surface area contributed by atoms with E-state index in [1.54, 1.807) is 19.1 Å². The first-order chi connectivity index (χ1) is 11.1. The number of amides is 1. The van der Waals surface area contributed by atoms with Crippen LogP contribution in [0.3, 0.4) is 0 Å². The molecule has 0 aliphatic carbocycles. The second-order valence-corrected chi connectivity index (χ2v) is 6.14. The van der Waals surface area contributed by atoms with E-state index in [-0.39, 0.29) is 11.7 Å². The van der Waals surface area contributed by atoms with E-state index in [4.69, 9.17) is 4.98 Å². The summed E-state index contributed by atoms with van der Waals surface area (Å²) < 4.78 is 13.0. The van der Waals surface area contributed by atoms with Crippen LogP contribution in [0.4, 0.5) is 4.39 Å². The van der Waals surface area contributed by atoms with E-state index in [1.807, 2.05) is 17.0 Å². The Morgan fingerprint density at radius 1 is 1.17 bits per heavy atom. The highest BCUT2D eigenvalue weighted by Gasteiger charge is 2.22. The van der Waals surface area contributed by atoms with E-state index in [2.05, 4.69) is 6.07 Å². The Balaban J connectivity index is 1.68. The van der Waals surface area contributed by atoms with Gasteiger partial charge in [-0.25, -0.2) is 4.39 Å². The Morgan fingerprint density at radius 2 is 1.87 bits per heavy atom. The van der Waals surface area contributed by atoms with Gasteiger partial charge in [0.15, 0.2) is 0 Å². The zero-order valence-electron chi connectivity index (χ0n) is 13.3. The molecule has 4 heteroatoms. The second kappa shape index (κ2) is 6.90. The molecule has 1 aromatic carbocycles. The Kier molecular flexibility index (Phi) is 4.70. The normalized spacial score (nSPS) is 15.7. The number of pyridine rings is 1. The molecule has 0 radical (unpaired) electrons. The molecule has 3 nitrogen and oxygen atoms in total. The summed E-state index contributed by atoms with van der Waals surface area (Å²) in [5.74, 6) is 0.355. The molecule has 1 aromatic heterocycles. The molecular weight excluding hydrogens is 291 g/mol. The molecule has 1 amide bonds. The second-order valence-electron chi connectivity index (χ2n) is 6.14. The minimum atomic E-state index is -0.215. The molecule has 0 saturated carbocycles. The van der Waals surface area contributed by atoms with Crippen LogP contribution in [0, 0.1) is 5.82 Å². The summed E-state index contributed by atoms with van der Waals surface area (Å²) in [6, 6.07) is 12.7. The molecule has 0 bridgehead atoms. The SMILES string of the molecule is CC(=O)N1CCC(c2cccc(Cc3ccc(F)cc3)n2)CC1. The first-order valence-electron chi connectivity index (χ1n) is 8.07. The number of rotatable bonds is 3. The Morgan fingerprint density at radius 3 is 2.52 bits per heavy atom. The largest absolute Gasteiger partial charge is 0.343 e. The fourth-order valence-electron chi connectivity index (χ4n) is 3.13. The summed E-state index contributed by atoms with van der Waals surface area (Å²) >= 11 is 0. The van der Waals surface area contributed by atoms with Crippen molar-refractivity contribution in [3.63, 3.8) is 0 Å². The van der Waals surface area contributed by atoms with Crippen molar-refractivity contribution in [3.8, 4) is 0 Å². The highest BCUT2D eigenvalue weighted by Crippen LogP contribution is 2.27. The van der Waals surface area contributed by atoms with Gasteiger partial charge >= 0.3 is 0 Å². The van der Waals surface area contributed by atoms with Crippen molar-refractivity contribution in [1.29, 1.82) is 0 Å². The van der Waals surface area contributed by atoms with Crippen molar-refractivity contribution < 1.29 is 9.18 Å². The van der Waals surface area contributed by atoms with E-state index in [0.29, 0.717) is 12.3 Å². The molecule has 1 aliphatic rings. The first kappa shape index (κ1) is 15.7. The van der Waals surface area contributed by atoms with Gasteiger partial charge in [-0.1, -0.05) is 18.2 Å². The van der Waals surface area contributed by atoms with Crippen molar-refractivity contribution in [2.45, 2.75) is 32.1 Å². The Bertz CT molecular complexity index is 676. The number of carbonyl (C=O) groups is 1. The Labute approximate surface area is 136 Å². The average Bonchev–Trinajstić information content (AvgIpc) is 2.57. The van der Waals surface area contributed by atoms with Crippen LogP contribution in [0.25, 0.3) is 0 Å². The molecule has 3 rings (SSSR count). The van der Waals surface area contributed by atoms with Gasteiger partial charge in [-0.3, -0.25) is 9.78 Å². The third kappa shape index (κ3) is 3.95. The zero-order valence-corrected chi connectivity index (χ0v) is 13.3. The standard InChI is InChI=1S/C19H21FN2O/c1-14(23)22-11-9-16(10-12-22)19-4-2-3-18(21-19)13-15-5-7-17(20)8-6-15/h2-8,16H,9-13H2,1H3. The summed E-state index contributed by atoms with van der Waals surface area (Å²) in [4.78, 5) is 18.1. The van der Waals surface area contributed by atoms with E-state index in [9.17, 15) is 9.18 Å². The number of halogens is 1. The third-order valence-corrected chi connectivity index (χ3v) is 4.49. The van der Waals surface area contributed by atoms with Gasteiger partial charge in [0, 0.05) is 43.7 Å². The van der Waals surface area contributed by atoms with E-state index < -0.39 is 0 Å². The van der Waals surface area contributed by atoms with Gasteiger partial charge < -0.3 is 4.90 Å². The van der Waals surface area contributed by atoms with E-state index in [0.717, 1.165) is 42.9 Å². The summed E-state index contributed by atoms with van der Waals surface area (Å²) in [6.45, 7) is 3.25. The first-order valence-corrected chi connectivity index (χ1v) is 8.07. The lowest BCUT2D eigenvalue weighted by Crippen LogP contribution is -2.36. The number of nitrogens with zero attached hydrogens (tertiary/aromatic N) is 2. The molecule has 120 valence electrons.